The standard InChI is InChI=1S/C13H16N4O3S/c1-13(2,12(14)18)17-8-10(7-16-17)9-4-3-5-11(6-9)21(15,19)20/h3-8H,1-2H3,(H2,14,18)(H2,15,19,20). The molecule has 2 aromatic rings. The summed E-state index contributed by atoms with van der Waals surface area (Å²) in [7, 11) is -3.77. The van der Waals surface area contributed by atoms with Crippen LogP contribution in [0.15, 0.2) is 41.6 Å². The number of rotatable bonds is 4. The Morgan fingerprint density at radius 2 is 1.95 bits per heavy atom. The molecule has 0 unspecified atom stereocenters. The molecule has 8 heteroatoms. The van der Waals surface area contributed by atoms with E-state index in [4.69, 9.17) is 10.9 Å². The fourth-order valence-corrected chi connectivity index (χ4v) is 2.30. The Bertz CT molecular complexity index is 793. The summed E-state index contributed by atoms with van der Waals surface area (Å²) in [5.74, 6) is -0.518. The van der Waals surface area contributed by atoms with E-state index in [0.717, 1.165) is 0 Å². The molecule has 1 amide bonds. The summed E-state index contributed by atoms with van der Waals surface area (Å²) in [5.41, 5.74) is 5.65. The van der Waals surface area contributed by atoms with E-state index in [9.17, 15) is 13.2 Å². The molecule has 0 aliphatic carbocycles. The summed E-state index contributed by atoms with van der Waals surface area (Å²) in [5, 5.41) is 9.22. The van der Waals surface area contributed by atoms with Crippen molar-refractivity contribution < 1.29 is 13.2 Å². The Morgan fingerprint density at radius 3 is 2.52 bits per heavy atom. The molecule has 1 aromatic carbocycles. The van der Waals surface area contributed by atoms with Crippen molar-refractivity contribution in [2.75, 3.05) is 0 Å². The molecule has 0 aliphatic rings. The van der Waals surface area contributed by atoms with Crippen LogP contribution in [-0.2, 0) is 20.4 Å². The minimum absolute atomic E-state index is 0.0157. The average Bonchev–Trinajstić information content (AvgIpc) is 2.88. The maximum Gasteiger partial charge on any atom is 0.244 e. The van der Waals surface area contributed by atoms with Crippen LogP contribution in [0.4, 0.5) is 0 Å². The quantitative estimate of drug-likeness (QED) is 0.850. The first kappa shape index (κ1) is 15.2. The van der Waals surface area contributed by atoms with Gasteiger partial charge in [0.2, 0.25) is 15.9 Å². The number of aromatic nitrogens is 2. The first-order chi connectivity index (χ1) is 9.62. The highest BCUT2D eigenvalue weighted by molar-refractivity contribution is 7.89. The lowest BCUT2D eigenvalue weighted by Gasteiger charge is -2.20. The van der Waals surface area contributed by atoms with Crippen molar-refractivity contribution in [2.45, 2.75) is 24.3 Å². The highest BCUT2D eigenvalue weighted by Gasteiger charge is 2.28. The molecule has 0 saturated carbocycles. The van der Waals surface area contributed by atoms with Crippen LogP contribution < -0.4 is 10.9 Å². The van der Waals surface area contributed by atoms with E-state index in [1.54, 1.807) is 32.2 Å². The predicted molar refractivity (Wildman–Crippen MR) is 77.6 cm³/mol. The summed E-state index contributed by atoms with van der Waals surface area (Å²) >= 11 is 0. The first-order valence-corrected chi connectivity index (χ1v) is 7.65. The normalized spacial score (nSPS) is 12.3. The Hall–Kier alpha value is -2.19. The Kier molecular flexibility index (Phi) is 3.60. The van der Waals surface area contributed by atoms with E-state index >= 15 is 0 Å². The Morgan fingerprint density at radius 1 is 1.29 bits per heavy atom. The van der Waals surface area contributed by atoms with Gasteiger partial charge in [-0.3, -0.25) is 9.48 Å². The topological polar surface area (TPSA) is 121 Å². The van der Waals surface area contributed by atoms with Crippen molar-refractivity contribution in [1.82, 2.24) is 9.78 Å². The fraction of sp³-hybridized carbons (Fsp3) is 0.231. The van der Waals surface area contributed by atoms with Crippen molar-refractivity contribution in [3.05, 3.63) is 36.7 Å². The number of benzene rings is 1. The van der Waals surface area contributed by atoms with Gasteiger partial charge in [0.15, 0.2) is 0 Å². The highest BCUT2D eigenvalue weighted by Crippen LogP contribution is 2.24. The van der Waals surface area contributed by atoms with Gasteiger partial charge in [-0.2, -0.15) is 5.10 Å². The number of primary amides is 1. The van der Waals surface area contributed by atoms with E-state index in [1.807, 2.05) is 0 Å². The number of sulfonamides is 1. The van der Waals surface area contributed by atoms with E-state index in [-0.39, 0.29) is 4.90 Å². The van der Waals surface area contributed by atoms with Gasteiger partial charge in [-0.25, -0.2) is 13.6 Å². The molecule has 4 N–H and O–H groups in total. The Labute approximate surface area is 122 Å². The SMILES string of the molecule is CC(C)(C(N)=O)n1cc(-c2cccc(S(N)(=O)=O)c2)cn1. The van der Waals surface area contributed by atoms with Gasteiger partial charge in [0.05, 0.1) is 11.1 Å². The number of primary sulfonamides is 1. The summed E-state index contributed by atoms with van der Waals surface area (Å²) in [6, 6.07) is 6.18. The van der Waals surface area contributed by atoms with E-state index < -0.39 is 21.5 Å². The minimum Gasteiger partial charge on any atom is -0.368 e. The maximum absolute atomic E-state index is 11.4. The minimum atomic E-state index is -3.77. The van der Waals surface area contributed by atoms with E-state index in [1.165, 1.54) is 23.0 Å². The van der Waals surface area contributed by atoms with Gasteiger partial charge in [-0.15, -0.1) is 0 Å². The average molecular weight is 308 g/mol. The Balaban J connectivity index is 2.46. The second-order valence-corrected chi connectivity index (χ2v) is 6.73. The van der Waals surface area contributed by atoms with Crippen molar-refractivity contribution >= 4 is 15.9 Å². The zero-order valence-corrected chi connectivity index (χ0v) is 12.5. The van der Waals surface area contributed by atoms with Crippen molar-refractivity contribution in [3.8, 4) is 11.1 Å². The van der Waals surface area contributed by atoms with Gasteiger partial charge < -0.3 is 5.73 Å². The molecule has 0 atom stereocenters. The van der Waals surface area contributed by atoms with Crippen LogP contribution in [0.2, 0.25) is 0 Å². The molecule has 0 spiro atoms. The third-order valence-corrected chi connectivity index (χ3v) is 4.17. The van der Waals surface area contributed by atoms with E-state index in [0.29, 0.717) is 11.1 Å². The molecule has 7 nitrogen and oxygen atoms in total. The molecule has 0 saturated heterocycles. The van der Waals surface area contributed by atoms with Crippen molar-refractivity contribution in [1.29, 1.82) is 0 Å². The second kappa shape index (κ2) is 4.97. The number of hydrogen-bond acceptors (Lipinski definition) is 4. The molecule has 2 rings (SSSR count). The summed E-state index contributed by atoms with van der Waals surface area (Å²) < 4.78 is 24.2. The number of nitrogens with two attached hydrogens (primary N) is 2. The third kappa shape index (κ3) is 2.96. The molecule has 0 radical (unpaired) electrons. The highest BCUT2D eigenvalue weighted by atomic mass is 32.2. The number of carbonyl (C=O) groups excluding carboxylic acids is 1. The smallest absolute Gasteiger partial charge is 0.244 e. The molecule has 1 aromatic heterocycles. The molecule has 1 heterocycles. The largest absolute Gasteiger partial charge is 0.368 e. The second-order valence-electron chi connectivity index (χ2n) is 5.17. The van der Waals surface area contributed by atoms with Gasteiger partial charge in [0, 0.05) is 11.8 Å². The molecule has 21 heavy (non-hydrogen) atoms. The number of amides is 1. The lowest BCUT2D eigenvalue weighted by Crippen LogP contribution is -2.41. The van der Waals surface area contributed by atoms with Crippen LogP contribution in [-0.4, -0.2) is 24.1 Å². The maximum atomic E-state index is 11.4. The van der Waals surface area contributed by atoms with Gasteiger partial charge >= 0.3 is 0 Å². The first-order valence-electron chi connectivity index (χ1n) is 6.10. The van der Waals surface area contributed by atoms with Crippen molar-refractivity contribution in [2.24, 2.45) is 10.9 Å². The van der Waals surface area contributed by atoms with E-state index in [2.05, 4.69) is 5.10 Å². The van der Waals surface area contributed by atoms with Crippen LogP contribution in [0.1, 0.15) is 13.8 Å². The molecule has 112 valence electrons. The van der Waals surface area contributed by atoms with Crippen LogP contribution in [0.5, 0.6) is 0 Å². The van der Waals surface area contributed by atoms with Gasteiger partial charge in [0.1, 0.15) is 5.54 Å². The molecule has 0 aliphatic heterocycles. The molecule has 0 fully saturated rings. The molecular formula is C13H16N4O3S. The summed E-state index contributed by atoms with van der Waals surface area (Å²) in [6.07, 6.45) is 3.17. The van der Waals surface area contributed by atoms with Crippen LogP contribution in [0.25, 0.3) is 11.1 Å². The van der Waals surface area contributed by atoms with Gasteiger partial charge in [-0.1, -0.05) is 12.1 Å². The zero-order chi connectivity index (χ0) is 15.8. The third-order valence-electron chi connectivity index (χ3n) is 3.25. The van der Waals surface area contributed by atoms with Crippen LogP contribution >= 0.6 is 0 Å². The van der Waals surface area contributed by atoms with Crippen LogP contribution in [0.3, 0.4) is 0 Å². The monoisotopic (exact) mass is 308 g/mol. The molecule has 0 bridgehead atoms. The van der Waals surface area contributed by atoms with Crippen LogP contribution in [0, 0.1) is 0 Å². The fourth-order valence-electron chi connectivity index (χ4n) is 1.74. The summed E-state index contributed by atoms with van der Waals surface area (Å²) in [4.78, 5) is 11.4. The van der Waals surface area contributed by atoms with Gasteiger partial charge in [-0.05, 0) is 31.5 Å². The molecular weight excluding hydrogens is 292 g/mol. The van der Waals surface area contributed by atoms with Gasteiger partial charge in [0.25, 0.3) is 0 Å². The lowest BCUT2D eigenvalue weighted by molar-refractivity contribution is -0.125. The lowest BCUT2D eigenvalue weighted by atomic mass is 10.1. The predicted octanol–water partition coefficient (Wildman–Crippen LogP) is 0.418. The number of hydrogen-bond donors (Lipinski definition) is 2. The number of carbonyl (C=O) groups is 1. The van der Waals surface area contributed by atoms with Crippen molar-refractivity contribution in [3.63, 3.8) is 0 Å². The summed E-state index contributed by atoms with van der Waals surface area (Å²) in [6.45, 7) is 3.29. The zero-order valence-electron chi connectivity index (χ0n) is 11.6. The number of nitrogens with zero attached hydrogens (tertiary/aromatic N) is 2.